The SMILES string of the molecule is CCNC(=NCc1cccc(Cn2cncn2)c1)NC(C)CCCC(C)C.I. The molecular formula is C21H35IN6. The molecule has 2 aromatic rings. The van der Waals surface area contributed by atoms with Crippen LogP contribution >= 0.6 is 24.0 Å². The summed E-state index contributed by atoms with van der Waals surface area (Å²) in [5.41, 5.74) is 2.39. The van der Waals surface area contributed by atoms with Crippen LogP contribution in [0.3, 0.4) is 0 Å². The van der Waals surface area contributed by atoms with Gasteiger partial charge in [-0.15, -0.1) is 24.0 Å². The van der Waals surface area contributed by atoms with Crippen molar-refractivity contribution in [3.63, 3.8) is 0 Å². The number of halogens is 1. The van der Waals surface area contributed by atoms with Gasteiger partial charge in [0.25, 0.3) is 0 Å². The van der Waals surface area contributed by atoms with E-state index in [1.807, 2.05) is 4.68 Å². The first-order valence-corrected chi connectivity index (χ1v) is 10.0. The number of rotatable bonds is 10. The van der Waals surface area contributed by atoms with E-state index in [2.05, 4.69) is 72.7 Å². The van der Waals surface area contributed by atoms with E-state index in [-0.39, 0.29) is 24.0 Å². The second kappa shape index (κ2) is 13.5. The van der Waals surface area contributed by atoms with Gasteiger partial charge in [0.1, 0.15) is 12.7 Å². The Balaban J connectivity index is 0.00000392. The van der Waals surface area contributed by atoms with Gasteiger partial charge in [0.2, 0.25) is 0 Å². The van der Waals surface area contributed by atoms with Gasteiger partial charge in [-0.1, -0.05) is 51.0 Å². The Bertz CT molecular complexity index is 684. The highest BCUT2D eigenvalue weighted by molar-refractivity contribution is 14.0. The fourth-order valence-corrected chi connectivity index (χ4v) is 2.96. The smallest absolute Gasteiger partial charge is 0.191 e. The van der Waals surface area contributed by atoms with Crippen LogP contribution in [0.4, 0.5) is 0 Å². The first kappa shape index (κ1) is 24.4. The van der Waals surface area contributed by atoms with E-state index in [1.54, 1.807) is 12.7 Å². The Labute approximate surface area is 186 Å². The largest absolute Gasteiger partial charge is 0.357 e. The fraction of sp³-hybridized carbons (Fsp3) is 0.571. The van der Waals surface area contributed by atoms with Crippen LogP contribution < -0.4 is 10.6 Å². The van der Waals surface area contributed by atoms with Gasteiger partial charge < -0.3 is 10.6 Å². The highest BCUT2D eigenvalue weighted by Gasteiger charge is 2.06. The van der Waals surface area contributed by atoms with E-state index in [0.717, 1.165) is 31.4 Å². The molecule has 2 rings (SSSR count). The number of aliphatic imine (C=N–C) groups is 1. The van der Waals surface area contributed by atoms with E-state index in [4.69, 9.17) is 4.99 Å². The summed E-state index contributed by atoms with van der Waals surface area (Å²) < 4.78 is 1.83. The van der Waals surface area contributed by atoms with Crippen LogP contribution in [0.25, 0.3) is 0 Å². The summed E-state index contributed by atoms with van der Waals surface area (Å²) in [6.45, 7) is 11.1. The Kier molecular flexibility index (Phi) is 11.8. The third-order valence-electron chi connectivity index (χ3n) is 4.37. The number of nitrogens with zero attached hydrogens (tertiary/aromatic N) is 4. The van der Waals surface area contributed by atoms with Crippen LogP contribution in [0.15, 0.2) is 41.9 Å². The lowest BCUT2D eigenvalue weighted by atomic mass is 10.0. The van der Waals surface area contributed by atoms with Gasteiger partial charge in [-0.3, -0.25) is 0 Å². The number of nitrogens with one attached hydrogen (secondary N) is 2. The zero-order chi connectivity index (χ0) is 19.5. The minimum absolute atomic E-state index is 0. The van der Waals surface area contributed by atoms with Crippen molar-refractivity contribution >= 4 is 29.9 Å². The van der Waals surface area contributed by atoms with Crippen LogP contribution in [0.1, 0.15) is 58.1 Å². The van der Waals surface area contributed by atoms with Gasteiger partial charge in [0.15, 0.2) is 5.96 Å². The van der Waals surface area contributed by atoms with Crippen LogP contribution in [0.5, 0.6) is 0 Å². The summed E-state index contributed by atoms with van der Waals surface area (Å²) in [5, 5.41) is 11.0. The third kappa shape index (κ3) is 9.52. The average molecular weight is 498 g/mol. The predicted molar refractivity (Wildman–Crippen MR) is 127 cm³/mol. The highest BCUT2D eigenvalue weighted by atomic mass is 127. The molecule has 0 aliphatic carbocycles. The normalized spacial score (nSPS) is 12.5. The molecule has 0 fully saturated rings. The molecule has 6 nitrogen and oxygen atoms in total. The van der Waals surface area contributed by atoms with Gasteiger partial charge in [-0.05, 0) is 37.3 Å². The Hall–Kier alpha value is -1.64. The van der Waals surface area contributed by atoms with E-state index in [1.165, 1.54) is 24.0 Å². The first-order chi connectivity index (χ1) is 13.1. The number of guanidine groups is 1. The van der Waals surface area contributed by atoms with Crippen molar-refractivity contribution in [1.82, 2.24) is 25.4 Å². The van der Waals surface area contributed by atoms with Crippen molar-refractivity contribution < 1.29 is 0 Å². The molecule has 0 bridgehead atoms. The van der Waals surface area contributed by atoms with Gasteiger partial charge in [-0.2, -0.15) is 5.10 Å². The van der Waals surface area contributed by atoms with Crippen molar-refractivity contribution in [3.8, 4) is 0 Å². The topological polar surface area (TPSA) is 67.1 Å². The summed E-state index contributed by atoms with van der Waals surface area (Å²) >= 11 is 0. The standard InChI is InChI=1S/C21H34N6.HI/c1-5-23-21(26-18(4)9-6-8-17(2)3)24-13-19-10-7-11-20(12-19)14-27-16-22-15-25-27;/h7,10-12,15-18H,5-6,8-9,13-14H2,1-4H3,(H2,23,24,26);1H. The van der Waals surface area contributed by atoms with Gasteiger partial charge in [0, 0.05) is 12.6 Å². The molecule has 0 aliphatic heterocycles. The van der Waals surface area contributed by atoms with Crippen molar-refractivity contribution in [3.05, 3.63) is 48.0 Å². The van der Waals surface area contributed by atoms with E-state index in [9.17, 15) is 0 Å². The quantitative estimate of drug-likeness (QED) is 0.293. The zero-order valence-corrected chi connectivity index (χ0v) is 19.9. The molecule has 2 N–H and O–H groups in total. The summed E-state index contributed by atoms with van der Waals surface area (Å²) in [7, 11) is 0. The molecule has 1 unspecified atom stereocenters. The van der Waals surface area contributed by atoms with E-state index < -0.39 is 0 Å². The summed E-state index contributed by atoms with van der Waals surface area (Å²) in [6, 6.07) is 8.89. The molecule has 1 aromatic heterocycles. The van der Waals surface area contributed by atoms with Crippen LogP contribution in [-0.2, 0) is 13.1 Å². The molecule has 0 saturated carbocycles. The number of benzene rings is 1. The number of hydrogen-bond donors (Lipinski definition) is 2. The lowest BCUT2D eigenvalue weighted by Crippen LogP contribution is -2.42. The maximum atomic E-state index is 4.76. The molecule has 1 heterocycles. The van der Waals surface area contributed by atoms with E-state index >= 15 is 0 Å². The lowest BCUT2D eigenvalue weighted by Gasteiger charge is -2.18. The van der Waals surface area contributed by atoms with Crippen LogP contribution in [0, 0.1) is 5.92 Å². The molecule has 7 heteroatoms. The molecule has 0 radical (unpaired) electrons. The van der Waals surface area contributed by atoms with Crippen molar-refractivity contribution in [2.45, 2.75) is 66.1 Å². The Morgan fingerprint density at radius 2 is 1.96 bits per heavy atom. The van der Waals surface area contributed by atoms with Crippen molar-refractivity contribution in [2.75, 3.05) is 6.54 Å². The first-order valence-electron chi connectivity index (χ1n) is 10.0. The Morgan fingerprint density at radius 1 is 1.18 bits per heavy atom. The Morgan fingerprint density at radius 3 is 2.64 bits per heavy atom. The second-order valence-corrected chi connectivity index (χ2v) is 7.48. The van der Waals surface area contributed by atoms with E-state index in [0.29, 0.717) is 12.6 Å². The molecule has 0 saturated heterocycles. The maximum absolute atomic E-state index is 4.76. The van der Waals surface area contributed by atoms with Gasteiger partial charge >= 0.3 is 0 Å². The fourth-order valence-electron chi connectivity index (χ4n) is 2.96. The summed E-state index contributed by atoms with van der Waals surface area (Å²) in [4.78, 5) is 8.76. The van der Waals surface area contributed by atoms with Crippen molar-refractivity contribution in [1.29, 1.82) is 0 Å². The number of aromatic nitrogens is 3. The van der Waals surface area contributed by atoms with Crippen molar-refractivity contribution in [2.24, 2.45) is 10.9 Å². The third-order valence-corrected chi connectivity index (χ3v) is 4.37. The molecule has 156 valence electrons. The molecule has 1 atom stereocenters. The average Bonchev–Trinajstić information content (AvgIpc) is 3.13. The summed E-state index contributed by atoms with van der Waals surface area (Å²) in [6.07, 6.45) is 6.98. The monoisotopic (exact) mass is 498 g/mol. The van der Waals surface area contributed by atoms with Gasteiger partial charge in [-0.25, -0.2) is 14.7 Å². The molecule has 28 heavy (non-hydrogen) atoms. The molecular weight excluding hydrogens is 463 g/mol. The highest BCUT2D eigenvalue weighted by Crippen LogP contribution is 2.09. The van der Waals surface area contributed by atoms with Crippen LogP contribution in [-0.4, -0.2) is 33.3 Å². The zero-order valence-electron chi connectivity index (χ0n) is 17.6. The maximum Gasteiger partial charge on any atom is 0.191 e. The lowest BCUT2D eigenvalue weighted by molar-refractivity contribution is 0.491. The minimum Gasteiger partial charge on any atom is -0.357 e. The predicted octanol–water partition coefficient (Wildman–Crippen LogP) is 4.21. The molecule has 0 amide bonds. The molecule has 1 aromatic carbocycles. The summed E-state index contributed by atoms with van der Waals surface area (Å²) in [5.74, 6) is 1.65. The van der Waals surface area contributed by atoms with Crippen LogP contribution in [0.2, 0.25) is 0 Å². The molecule has 0 spiro atoms. The number of hydrogen-bond acceptors (Lipinski definition) is 3. The van der Waals surface area contributed by atoms with Gasteiger partial charge in [0.05, 0.1) is 13.1 Å². The minimum atomic E-state index is 0. The molecule has 0 aliphatic rings. The second-order valence-electron chi connectivity index (χ2n) is 7.48.